The molecular formula is C34H62O6SSi2. The molecule has 1 aromatic carbocycles. The summed E-state index contributed by atoms with van der Waals surface area (Å²) >= 11 is 0. The molecule has 2 rings (SSSR count). The Morgan fingerprint density at radius 2 is 1.65 bits per heavy atom. The van der Waals surface area contributed by atoms with E-state index in [1.807, 2.05) is 18.2 Å². The molecule has 0 aliphatic heterocycles. The van der Waals surface area contributed by atoms with Crippen molar-refractivity contribution in [1.82, 2.24) is 0 Å². The van der Waals surface area contributed by atoms with Crippen LogP contribution in [0, 0.1) is 17.8 Å². The van der Waals surface area contributed by atoms with Gasteiger partial charge in [0, 0.05) is 12.5 Å². The Bertz CT molecular complexity index is 1150. The van der Waals surface area contributed by atoms with Crippen molar-refractivity contribution in [2.24, 2.45) is 17.8 Å². The standard InChI is InChI=1S/C34H62O6SSi2/c1-13-14-15-18-28(39-42(9,10)33(2,3)4)20-21-30-31(23-26-17-16-19-29(22-26)38-41(8,36)37)27(25-35)24-32(30)40-43(11,12)34(5,6)7/h16-17,19-22,27-28,30-32,35H,13-15,18,23-25H2,1-12H3/b21-20+/t27-,28+,30-,31+,32-/m1/s1. The second-order valence-corrected chi connectivity index (χ2v) is 26.9. The number of rotatable bonds is 15. The molecule has 0 amide bonds. The van der Waals surface area contributed by atoms with Crippen molar-refractivity contribution < 1.29 is 26.6 Å². The number of hydrogen-bond donors (Lipinski definition) is 1. The molecule has 1 saturated carbocycles. The molecule has 0 bridgehead atoms. The van der Waals surface area contributed by atoms with Gasteiger partial charge in [-0.3, -0.25) is 0 Å². The van der Waals surface area contributed by atoms with Gasteiger partial charge in [-0.05, 0) is 85.1 Å². The van der Waals surface area contributed by atoms with Crippen molar-refractivity contribution in [2.45, 2.75) is 135 Å². The number of benzene rings is 1. The van der Waals surface area contributed by atoms with E-state index < -0.39 is 26.8 Å². The van der Waals surface area contributed by atoms with E-state index in [-0.39, 0.29) is 46.6 Å². The van der Waals surface area contributed by atoms with Crippen molar-refractivity contribution in [3.63, 3.8) is 0 Å². The quantitative estimate of drug-likeness (QED) is 0.0882. The molecule has 43 heavy (non-hydrogen) atoms. The lowest BCUT2D eigenvalue weighted by Crippen LogP contribution is -2.45. The first-order chi connectivity index (χ1) is 19.6. The van der Waals surface area contributed by atoms with E-state index in [0.29, 0.717) is 12.2 Å². The van der Waals surface area contributed by atoms with Crippen molar-refractivity contribution in [3.05, 3.63) is 42.0 Å². The molecule has 0 saturated heterocycles. The zero-order valence-electron chi connectivity index (χ0n) is 29.2. The second-order valence-electron chi connectivity index (χ2n) is 15.8. The third-order valence-electron chi connectivity index (χ3n) is 10.1. The predicted molar refractivity (Wildman–Crippen MR) is 185 cm³/mol. The Morgan fingerprint density at radius 3 is 2.19 bits per heavy atom. The van der Waals surface area contributed by atoms with Gasteiger partial charge in [-0.1, -0.05) is 92.0 Å². The van der Waals surface area contributed by atoms with E-state index >= 15 is 0 Å². The molecule has 9 heteroatoms. The Hall–Kier alpha value is -0.976. The largest absolute Gasteiger partial charge is 0.413 e. The van der Waals surface area contributed by atoms with Crippen molar-refractivity contribution >= 4 is 26.8 Å². The SMILES string of the molecule is CCCCC[C@@H](/C=C/[C@@H]1[C@@H](Cc2cccc(OS(C)(=O)=O)c2)[C@@H](CO)C[C@H]1O[Si](C)(C)C(C)(C)C)O[Si](C)(C)C(C)(C)C. The lowest BCUT2D eigenvalue weighted by molar-refractivity contribution is 0.146. The molecule has 1 aliphatic carbocycles. The first kappa shape index (κ1) is 38.2. The van der Waals surface area contributed by atoms with Crippen molar-refractivity contribution in [2.75, 3.05) is 12.9 Å². The highest BCUT2D eigenvalue weighted by Gasteiger charge is 2.47. The third-order valence-corrected chi connectivity index (χ3v) is 19.6. The predicted octanol–water partition coefficient (Wildman–Crippen LogP) is 8.73. The molecule has 1 aliphatic rings. The maximum atomic E-state index is 11.8. The highest BCUT2D eigenvalue weighted by atomic mass is 32.2. The summed E-state index contributed by atoms with van der Waals surface area (Å²) in [6.07, 6.45) is 11.7. The normalized spacial score (nSPS) is 23.2. The number of unbranched alkanes of at least 4 members (excludes halogenated alkanes) is 2. The molecule has 5 atom stereocenters. The summed E-state index contributed by atoms with van der Waals surface area (Å²) in [5, 5.41) is 10.8. The smallest absolute Gasteiger partial charge is 0.306 e. The van der Waals surface area contributed by atoms with Crippen LogP contribution in [0.1, 0.15) is 86.1 Å². The number of aliphatic hydroxyl groups excluding tert-OH is 1. The van der Waals surface area contributed by atoms with Crippen molar-refractivity contribution in [3.8, 4) is 5.75 Å². The van der Waals surface area contributed by atoms with Gasteiger partial charge in [0.15, 0.2) is 16.6 Å². The van der Waals surface area contributed by atoms with E-state index in [9.17, 15) is 13.5 Å². The Morgan fingerprint density at radius 1 is 1.02 bits per heavy atom. The van der Waals surface area contributed by atoms with Crippen LogP contribution in [0.25, 0.3) is 0 Å². The average molecular weight is 655 g/mol. The topological polar surface area (TPSA) is 82.1 Å². The van der Waals surface area contributed by atoms with Crippen LogP contribution in [-0.4, -0.2) is 55.2 Å². The summed E-state index contributed by atoms with van der Waals surface area (Å²) in [7, 11) is -7.69. The average Bonchev–Trinajstić information content (AvgIpc) is 3.15. The minimum Gasteiger partial charge on any atom is -0.413 e. The van der Waals surface area contributed by atoms with E-state index in [1.54, 1.807) is 6.07 Å². The van der Waals surface area contributed by atoms with Gasteiger partial charge in [0.1, 0.15) is 5.75 Å². The molecule has 248 valence electrons. The van der Waals surface area contributed by atoms with Crippen LogP contribution in [-0.2, 0) is 25.4 Å². The van der Waals surface area contributed by atoms with Crippen LogP contribution < -0.4 is 4.18 Å². The van der Waals surface area contributed by atoms with Crippen LogP contribution in [0.4, 0.5) is 0 Å². The van der Waals surface area contributed by atoms with Gasteiger partial charge in [0.2, 0.25) is 0 Å². The summed E-state index contributed by atoms with van der Waals surface area (Å²) in [5.41, 5.74) is 0.994. The molecule has 0 spiro atoms. The third kappa shape index (κ3) is 11.4. The molecule has 6 nitrogen and oxygen atoms in total. The summed E-state index contributed by atoms with van der Waals surface area (Å²) in [5.74, 6) is 0.623. The van der Waals surface area contributed by atoms with Gasteiger partial charge in [0.05, 0.1) is 18.5 Å². The molecule has 1 fully saturated rings. The Kier molecular flexibility index (Phi) is 13.4. The fraction of sp³-hybridized carbons (Fsp3) is 0.765. The second kappa shape index (κ2) is 15.1. The van der Waals surface area contributed by atoms with Crippen molar-refractivity contribution in [1.29, 1.82) is 0 Å². The lowest BCUT2D eigenvalue weighted by Gasteiger charge is -2.40. The fourth-order valence-corrected chi connectivity index (χ4v) is 8.57. The monoisotopic (exact) mass is 654 g/mol. The van der Waals surface area contributed by atoms with Gasteiger partial charge in [-0.15, -0.1) is 0 Å². The van der Waals surface area contributed by atoms with Crippen LogP contribution in [0.3, 0.4) is 0 Å². The number of aliphatic hydroxyl groups is 1. The molecule has 1 N–H and O–H groups in total. The van der Waals surface area contributed by atoms with Crippen LogP contribution in [0.15, 0.2) is 36.4 Å². The fourth-order valence-electron chi connectivity index (χ4n) is 5.45. The molecular weight excluding hydrogens is 593 g/mol. The van der Waals surface area contributed by atoms with Crippen LogP contribution in [0.5, 0.6) is 5.75 Å². The first-order valence-electron chi connectivity index (χ1n) is 16.2. The zero-order chi connectivity index (χ0) is 32.9. The molecule has 0 heterocycles. The highest BCUT2D eigenvalue weighted by molar-refractivity contribution is 7.86. The summed E-state index contributed by atoms with van der Waals surface area (Å²) in [6, 6.07) is 7.33. The van der Waals surface area contributed by atoms with E-state index in [0.717, 1.165) is 31.1 Å². The first-order valence-corrected chi connectivity index (χ1v) is 23.9. The summed E-state index contributed by atoms with van der Waals surface area (Å²) in [4.78, 5) is 0. The van der Waals surface area contributed by atoms with Gasteiger partial charge in [-0.25, -0.2) is 0 Å². The van der Waals surface area contributed by atoms with E-state index in [4.69, 9.17) is 13.0 Å². The van der Waals surface area contributed by atoms with Gasteiger partial charge in [0.25, 0.3) is 0 Å². The molecule has 0 unspecified atom stereocenters. The maximum absolute atomic E-state index is 11.8. The highest BCUT2D eigenvalue weighted by Crippen LogP contribution is 2.47. The zero-order valence-corrected chi connectivity index (χ0v) is 32.0. The molecule has 0 radical (unpaired) electrons. The molecule has 1 aromatic rings. The van der Waals surface area contributed by atoms with Gasteiger partial charge in [-0.2, -0.15) is 8.42 Å². The van der Waals surface area contributed by atoms with Crippen LogP contribution >= 0.6 is 0 Å². The minimum atomic E-state index is -3.62. The van der Waals surface area contributed by atoms with E-state index in [1.165, 1.54) is 12.8 Å². The van der Waals surface area contributed by atoms with E-state index in [2.05, 4.69) is 86.8 Å². The van der Waals surface area contributed by atoms with Gasteiger partial charge < -0.3 is 18.1 Å². The Balaban J connectivity index is 2.51. The Labute approximate surface area is 266 Å². The summed E-state index contributed by atoms with van der Waals surface area (Å²) < 4.78 is 42.8. The minimum absolute atomic E-state index is 0.00101. The molecule has 0 aromatic heterocycles. The lowest BCUT2D eigenvalue weighted by atomic mass is 9.83. The summed E-state index contributed by atoms with van der Waals surface area (Å²) in [6.45, 7) is 25.2. The van der Waals surface area contributed by atoms with Crippen LogP contribution in [0.2, 0.25) is 36.3 Å². The van der Waals surface area contributed by atoms with Gasteiger partial charge >= 0.3 is 10.1 Å². The maximum Gasteiger partial charge on any atom is 0.306 e. The number of hydrogen-bond acceptors (Lipinski definition) is 6.